The van der Waals surface area contributed by atoms with E-state index in [4.69, 9.17) is 4.74 Å². The predicted molar refractivity (Wildman–Crippen MR) is 79.9 cm³/mol. The number of fused-ring (bicyclic) bond motifs is 1. The number of benzene rings is 1. The molecule has 0 N–H and O–H groups in total. The monoisotopic (exact) mass is 359 g/mol. The van der Waals surface area contributed by atoms with Crippen LogP contribution in [-0.4, -0.2) is 21.1 Å². The Labute approximate surface area is 122 Å². The normalized spacial score (nSPS) is 15.2. The summed E-state index contributed by atoms with van der Waals surface area (Å²) < 4.78 is 4.93. The van der Waals surface area contributed by atoms with Crippen molar-refractivity contribution in [3.8, 4) is 0 Å². The average molecular weight is 359 g/mol. The van der Waals surface area contributed by atoms with Crippen molar-refractivity contribution in [3.05, 3.63) is 34.9 Å². The van der Waals surface area contributed by atoms with Gasteiger partial charge in [0.25, 0.3) is 0 Å². The number of amides is 1. The van der Waals surface area contributed by atoms with E-state index in [-0.39, 0.29) is 6.09 Å². The molecule has 4 heteroatoms. The molecule has 1 amide bonds. The fourth-order valence-corrected chi connectivity index (χ4v) is 2.30. The number of alkyl halides is 1. The summed E-state index contributed by atoms with van der Waals surface area (Å²) in [4.78, 5) is 13.8. The topological polar surface area (TPSA) is 29.5 Å². The van der Waals surface area contributed by atoms with Crippen molar-refractivity contribution >= 4 is 28.7 Å². The highest BCUT2D eigenvalue weighted by Crippen LogP contribution is 2.24. The van der Waals surface area contributed by atoms with E-state index in [9.17, 15) is 4.79 Å². The number of hydrogen-bond donors (Lipinski definition) is 0. The first-order valence-electron chi connectivity index (χ1n) is 6.10. The Morgan fingerprint density at radius 3 is 2.78 bits per heavy atom. The number of ether oxygens (including phenoxy) is 1. The molecule has 0 unspecified atom stereocenters. The lowest BCUT2D eigenvalue weighted by atomic mass is 9.98. The Hall–Kier alpha value is -0.780. The molecule has 0 bridgehead atoms. The first-order chi connectivity index (χ1) is 8.35. The number of hydrogen-bond acceptors (Lipinski definition) is 2. The minimum Gasteiger partial charge on any atom is -0.433 e. The Kier molecular flexibility index (Phi) is 3.84. The summed E-state index contributed by atoms with van der Waals surface area (Å²) in [6, 6.07) is 6.41. The molecule has 0 aliphatic carbocycles. The second-order valence-electron chi connectivity index (χ2n) is 5.18. The van der Waals surface area contributed by atoms with Crippen LogP contribution < -0.4 is 0 Å². The van der Waals surface area contributed by atoms with Gasteiger partial charge in [-0.05, 0) is 60.9 Å². The van der Waals surface area contributed by atoms with Crippen LogP contribution in [0.25, 0.3) is 0 Å². The molecular formula is C14H18INO2. The Bertz CT molecular complexity index is 465. The molecule has 0 aromatic heterocycles. The van der Waals surface area contributed by atoms with Gasteiger partial charge in [0.1, 0.15) is 0 Å². The van der Waals surface area contributed by atoms with Crippen molar-refractivity contribution < 1.29 is 9.53 Å². The molecule has 0 radical (unpaired) electrons. The van der Waals surface area contributed by atoms with Crippen LogP contribution in [0.1, 0.15) is 30.5 Å². The largest absolute Gasteiger partial charge is 0.433 e. The minimum absolute atomic E-state index is 0.222. The fraction of sp³-hybridized carbons (Fsp3) is 0.500. The average Bonchev–Trinajstić information content (AvgIpc) is 2.26. The maximum atomic E-state index is 12.0. The third-order valence-electron chi connectivity index (χ3n) is 2.96. The highest BCUT2D eigenvalue weighted by Gasteiger charge is 2.26. The van der Waals surface area contributed by atoms with Gasteiger partial charge in [0.2, 0.25) is 0 Å². The Morgan fingerprint density at radius 1 is 1.39 bits per heavy atom. The molecule has 1 aromatic carbocycles. The zero-order valence-corrected chi connectivity index (χ0v) is 13.2. The van der Waals surface area contributed by atoms with E-state index in [1.165, 1.54) is 16.7 Å². The van der Waals surface area contributed by atoms with Crippen LogP contribution in [0, 0.1) is 6.92 Å². The standard InChI is InChI=1S/C14H18INO2/c1-10-4-5-12-9-16(7-6-11(12)8-10)13(17)18-14(2,3)15/h4-5,8H,6-7,9H2,1-3H3. The van der Waals surface area contributed by atoms with Crippen molar-refractivity contribution in [3.63, 3.8) is 0 Å². The van der Waals surface area contributed by atoms with E-state index in [1.807, 2.05) is 13.8 Å². The summed E-state index contributed by atoms with van der Waals surface area (Å²) in [6.07, 6.45) is 0.689. The van der Waals surface area contributed by atoms with Crippen molar-refractivity contribution in [1.82, 2.24) is 4.90 Å². The van der Waals surface area contributed by atoms with E-state index in [2.05, 4.69) is 47.7 Å². The first-order valence-corrected chi connectivity index (χ1v) is 7.18. The number of rotatable bonds is 1. The molecule has 0 saturated carbocycles. The minimum atomic E-state index is -0.456. The zero-order valence-electron chi connectivity index (χ0n) is 11.0. The smallest absolute Gasteiger partial charge is 0.411 e. The maximum absolute atomic E-state index is 12.0. The lowest BCUT2D eigenvalue weighted by Gasteiger charge is -2.30. The van der Waals surface area contributed by atoms with Gasteiger partial charge < -0.3 is 9.64 Å². The van der Waals surface area contributed by atoms with E-state index >= 15 is 0 Å². The third-order valence-corrected chi connectivity index (χ3v) is 3.18. The van der Waals surface area contributed by atoms with Gasteiger partial charge in [-0.1, -0.05) is 23.8 Å². The van der Waals surface area contributed by atoms with Crippen LogP contribution in [0.3, 0.4) is 0 Å². The van der Waals surface area contributed by atoms with E-state index in [1.54, 1.807) is 4.90 Å². The molecular weight excluding hydrogens is 341 g/mol. The second-order valence-corrected chi connectivity index (χ2v) is 7.77. The molecule has 0 saturated heterocycles. The van der Waals surface area contributed by atoms with Gasteiger partial charge in [-0.3, -0.25) is 0 Å². The van der Waals surface area contributed by atoms with Crippen LogP contribution in [0.5, 0.6) is 0 Å². The maximum Gasteiger partial charge on any atom is 0.411 e. The van der Waals surface area contributed by atoms with E-state index < -0.39 is 3.61 Å². The molecule has 0 atom stereocenters. The van der Waals surface area contributed by atoms with E-state index in [0.29, 0.717) is 6.54 Å². The molecule has 0 fully saturated rings. The van der Waals surface area contributed by atoms with E-state index in [0.717, 1.165) is 13.0 Å². The van der Waals surface area contributed by atoms with Crippen molar-refractivity contribution in [2.45, 2.75) is 37.3 Å². The lowest BCUT2D eigenvalue weighted by Crippen LogP contribution is -2.39. The highest BCUT2D eigenvalue weighted by molar-refractivity contribution is 14.1. The third kappa shape index (κ3) is 3.37. The van der Waals surface area contributed by atoms with Gasteiger partial charge in [-0.15, -0.1) is 0 Å². The van der Waals surface area contributed by atoms with Crippen molar-refractivity contribution in [2.24, 2.45) is 0 Å². The quantitative estimate of drug-likeness (QED) is 0.566. The highest BCUT2D eigenvalue weighted by atomic mass is 127. The molecule has 98 valence electrons. The SMILES string of the molecule is Cc1ccc2c(c1)CCN(C(=O)OC(C)(C)I)C2. The van der Waals surface area contributed by atoms with Crippen LogP contribution in [0.2, 0.25) is 0 Å². The number of nitrogens with zero attached hydrogens (tertiary/aromatic N) is 1. The number of carbonyl (C=O) groups excluding carboxylic acids is 1. The molecule has 0 spiro atoms. The van der Waals surface area contributed by atoms with Crippen molar-refractivity contribution in [1.29, 1.82) is 0 Å². The summed E-state index contributed by atoms with van der Waals surface area (Å²) in [5, 5.41) is 0. The van der Waals surface area contributed by atoms with Gasteiger partial charge >= 0.3 is 6.09 Å². The van der Waals surface area contributed by atoms with Crippen LogP contribution in [0.15, 0.2) is 18.2 Å². The van der Waals surface area contributed by atoms with Crippen LogP contribution >= 0.6 is 22.6 Å². The molecule has 1 aliphatic rings. The van der Waals surface area contributed by atoms with Gasteiger partial charge in [0.15, 0.2) is 3.61 Å². The Morgan fingerprint density at radius 2 is 2.11 bits per heavy atom. The lowest BCUT2D eigenvalue weighted by molar-refractivity contribution is 0.0661. The molecule has 18 heavy (non-hydrogen) atoms. The fourth-order valence-electron chi connectivity index (χ4n) is 2.11. The summed E-state index contributed by atoms with van der Waals surface area (Å²) in [6.45, 7) is 7.25. The van der Waals surface area contributed by atoms with Gasteiger partial charge in [0.05, 0.1) is 0 Å². The summed E-state index contributed by atoms with van der Waals surface area (Å²) in [7, 11) is 0. The molecule has 1 heterocycles. The molecule has 2 rings (SSSR count). The molecule has 1 aliphatic heterocycles. The van der Waals surface area contributed by atoms with Gasteiger partial charge in [0, 0.05) is 13.1 Å². The van der Waals surface area contributed by atoms with Crippen LogP contribution in [0.4, 0.5) is 4.79 Å². The van der Waals surface area contributed by atoms with Gasteiger partial charge in [-0.25, -0.2) is 4.79 Å². The first kappa shape index (κ1) is 13.6. The number of halogens is 1. The van der Waals surface area contributed by atoms with Crippen LogP contribution in [-0.2, 0) is 17.7 Å². The number of aryl methyl sites for hydroxylation is 1. The summed E-state index contributed by atoms with van der Waals surface area (Å²) in [5.74, 6) is 0. The molecule has 3 nitrogen and oxygen atoms in total. The summed E-state index contributed by atoms with van der Waals surface area (Å²) in [5.41, 5.74) is 3.86. The van der Waals surface area contributed by atoms with Crippen molar-refractivity contribution in [2.75, 3.05) is 6.54 Å². The predicted octanol–water partition coefficient (Wildman–Crippen LogP) is 3.66. The molecule has 1 aromatic rings. The second kappa shape index (κ2) is 5.07. The Balaban J connectivity index is 2.08. The zero-order chi connectivity index (χ0) is 13.3. The number of carbonyl (C=O) groups is 1. The summed E-state index contributed by atoms with van der Waals surface area (Å²) >= 11 is 2.12. The van der Waals surface area contributed by atoms with Gasteiger partial charge in [-0.2, -0.15) is 0 Å².